The van der Waals surface area contributed by atoms with Crippen LogP contribution in [0.4, 0.5) is 13.2 Å². The molecule has 4 aliphatic rings. The van der Waals surface area contributed by atoms with Gasteiger partial charge in [-0.15, -0.1) is 5.43 Å². The number of hydrogen-bond acceptors (Lipinski definition) is 4. The summed E-state index contributed by atoms with van der Waals surface area (Å²) < 4.78 is 47.0. The van der Waals surface area contributed by atoms with Crippen LogP contribution in [0.5, 0.6) is 0 Å². The number of hydrogen-bond donors (Lipinski definition) is 1. The molecule has 4 fully saturated rings. The standard InChI is InChI=1S/C36H50F3N6O/c1-26-11-5-6-16-42(21-26)22-27-19-31(36(37,38)39)32-24-43(35(46)44(32)23-27)30-15-10-14-29(20-30)33(28-12-9-13-28)34-40-45(25-41(34)2)17-7-3-4-8-18-45/h10,14-15,19-20,23-24,26,28,33-34,40H,3-9,11-13,16-18,21-22,25H2,1-2H3/q+1/t26-,33+,34?/m0/s1. The van der Waals surface area contributed by atoms with Crippen LogP contribution in [0.15, 0.2) is 47.5 Å². The number of likely N-dealkylation sites (tertiary alicyclic amines) is 1. The van der Waals surface area contributed by atoms with Crippen LogP contribution in [0, 0.1) is 11.8 Å². The van der Waals surface area contributed by atoms with Gasteiger partial charge < -0.3 is 0 Å². The van der Waals surface area contributed by atoms with E-state index in [9.17, 15) is 18.0 Å². The van der Waals surface area contributed by atoms with Crippen LogP contribution in [0.2, 0.25) is 0 Å². The number of halogens is 3. The number of nitrogens with zero attached hydrogens (tertiary/aromatic N) is 5. The third kappa shape index (κ3) is 6.30. The summed E-state index contributed by atoms with van der Waals surface area (Å²) in [6, 6.07) is 9.27. The van der Waals surface area contributed by atoms with Crippen LogP contribution < -0.4 is 11.1 Å². The molecule has 7 rings (SSSR count). The zero-order chi connectivity index (χ0) is 32.1. The van der Waals surface area contributed by atoms with Crippen molar-refractivity contribution in [2.45, 2.75) is 95.9 Å². The number of fused-ring (bicyclic) bond motifs is 1. The van der Waals surface area contributed by atoms with Crippen molar-refractivity contribution < 1.29 is 17.8 Å². The van der Waals surface area contributed by atoms with E-state index in [4.69, 9.17) is 0 Å². The Labute approximate surface area is 270 Å². The fourth-order valence-corrected chi connectivity index (χ4v) is 8.84. The molecule has 1 unspecified atom stereocenters. The van der Waals surface area contributed by atoms with Gasteiger partial charge in [0.25, 0.3) is 0 Å². The fourth-order valence-electron chi connectivity index (χ4n) is 8.84. The number of imidazole rings is 1. The lowest BCUT2D eigenvalue weighted by molar-refractivity contribution is -0.961. The number of alkyl halides is 3. The highest BCUT2D eigenvalue weighted by atomic mass is 19.4. The first-order chi connectivity index (χ1) is 22.1. The Morgan fingerprint density at radius 2 is 1.76 bits per heavy atom. The van der Waals surface area contributed by atoms with Crippen LogP contribution >= 0.6 is 0 Å². The molecule has 3 aliphatic heterocycles. The molecule has 1 aliphatic carbocycles. The molecule has 250 valence electrons. The topological polar surface area (TPSA) is 44.9 Å². The predicted octanol–water partition coefficient (Wildman–Crippen LogP) is 6.74. The smallest absolute Gasteiger partial charge is 0.299 e. The van der Waals surface area contributed by atoms with Gasteiger partial charge in [0.15, 0.2) is 6.67 Å². The van der Waals surface area contributed by atoms with Crippen molar-refractivity contribution in [2.24, 2.45) is 11.8 Å². The van der Waals surface area contributed by atoms with Crippen LogP contribution in [-0.4, -0.2) is 69.4 Å². The molecular weight excluding hydrogens is 589 g/mol. The summed E-state index contributed by atoms with van der Waals surface area (Å²) in [5, 5.41) is 0. The lowest BCUT2D eigenvalue weighted by Crippen LogP contribution is -2.57. The lowest BCUT2D eigenvalue weighted by Gasteiger charge is -2.39. The molecule has 1 spiro atoms. The van der Waals surface area contributed by atoms with Gasteiger partial charge in [0.2, 0.25) is 0 Å². The number of likely N-dealkylation sites (N-methyl/N-ethyl adjacent to an activating group) is 1. The maximum atomic E-state index is 14.5. The number of nitrogens with one attached hydrogen (secondary N) is 1. The van der Waals surface area contributed by atoms with Crippen molar-refractivity contribution in [3.8, 4) is 5.69 Å². The van der Waals surface area contributed by atoms with Gasteiger partial charge in [-0.25, -0.2) is 14.3 Å². The second kappa shape index (κ2) is 12.7. The highest BCUT2D eigenvalue weighted by Gasteiger charge is 2.48. The van der Waals surface area contributed by atoms with Gasteiger partial charge in [-0.2, -0.15) is 13.2 Å². The van der Waals surface area contributed by atoms with E-state index in [1.165, 1.54) is 66.2 Å². The van der Waals surface area contributed by atoms with Gasteiger partial charge in [0, 0.05) is 31.4 Å². The molecule has 3 atom stereocenters. The van der Waals surface area contributed by atoms with Gasteiger partial charge in [-0.3, -0.25) is 13.9 Å². The summed E-state index contributed by atoms with van der Waals surface area (Å²) in [6.45, 7) is 7.59. The molecule has 0 bridgehead atoms. The third-order valence-corrected chi connectivity index (χ3v) is 11.4. The summed E-state index contributed by atoms with van der Waals surface area (Å²) in [4.78, 5) is 18.6. The average molecular weight is 640 g/mol. The molecule has 3 saturated heterocycles. The second-order valence-corrected chi connectivity index (χ2v) is 14.9. The molecule has 0 radical (unpaired) electrons. The second-order valence-electron chi connectivity index (χ2n) is 14.9. The van der Waals surface area contributed by atoms with Crippen molar-refractivity contribution >= 4 is 5.52 Å². The number of aromatic nitrogens is 2. The van der Waals surface area contributed by atoms with Crippen molar-refractivity contribution in [3.05, 3.63) is 69.9 Å². The minimum atomic E-state index is -4.58. The minimum absolute atomic E-state index is 0.101. The number of pyridine rings is 1. The molecular formula is C36H50F3N6O+. The molecule has 5 heterocycles. The lowest BCUT2D eigenvalue weighted by atomic mass is 9.71. The van der Waals surface area contributed by atoms with E-state index in [0.717, 1.165) is 62.3 Å². The molecule has 3 aromatic rings. The Morgan fingerprint density at radius 1 is 0.978 bits per heavy atom. The highest BCUT2D eigenvalue weighted by molar-refractivity contribution is 5.58. The molecule has 1 aromatic carbocycles. The van der Waals surface area contributed by atoms with E-state index >= 15 is 0 Å². The van der Waals surface area contributed by atoms with Crippen molar-refractivity contribution in [1.82, 2.24) is 24.2 Å². The molecule has 1 N–H and O–H groups in total. The first-order valence-corrected chi connectivity index (χ1v) is 17.6. The summed E-state index contributed by atoms with van der Waals surface area (Å²) >= 11 is 0. The predicted molar refractivity (Wildman–Crippen MR) is 174 cm³/mol. The van der Waals surface area contributed by atoms with Crippen molar-refractivity contribution in [1.29, 1.82) is 0 Å². The number of rotatable bonds is 6. The van der Waals surface area contributed by atoms with E-state index in [1.807, 2.05) is 12.1 Å². The van der Waals surface area contributed by atoms with Gasteiger partial charge in [-0.1, -0.05) is 31.9 Å². The first kappa shape index (κ1) is 31.9. The van der Waals surface area contributed by atoms with Gasteiger partial charge in [0.1, 0.15) is 6.17 Å². The minimum Gasteiger partial charge on any atom is -0.299 e. The molecule has 10 heteroatoms. The van der Waals surface area contributed by atoms with Crippen LogP contribution in [-0.2, 0) is 12.7 Å². The van der Waals surface area contributed by atoms with E-state index in [0.29, 0.717) is 29.6 Å². The van der Waals surface area contributed by atoms with Crippen molar-refractivity contribution in [2.75, 3.05) is 39.9 Å². The van der Waals surface area contributed by atoms with Crippen LogP contribution in [0.1, 0.15) is 93.7 Å². The summed E-state index contributed by atoms with van der Waals surface area (Å²) in [5.41, 5.74) is 5.04. The molecule has 46 heavy (non-hydrogen) atoms. The van der Waals surface area contributed by atoms with E-state index in [-0.39, 0.29) is 17.6 Å². The van der Waals surface area contributed by atoms with Gasteiger partial charge in [0.05, 0.1) is 29.9 Å². The number of quaternary nitrogens is 1. The summed E-state index contributed by atoms with van der Waals surface area (Å²) in [7, 11) is 2.22. The van der Waals surface area contributed by atoms with Gasteiger partial charge in [-0.05, 0) is 106 Å². The monoisotopic (exact) mass is 639 g/mol. The highest BCUT2D eigenvalue weighted by Crippen LogP contribution is 2.44. The van der Waals surface area contributed by atoms with E-state index < -0.39 is 17.4 Å². The van der Waals surface area contributed by atoms with Crippen LogP contribution in [0.25, 0.3) is 11.2 Å². The largest absolute Gasteiger partial charge is 0.418 e. The maximum Gasteiger partial charge on any atom is 0.418 e. The maximum absolute atomic E-state index is 14.5. The first-order valence-electron chi connectivity index (χ1n) is 17.6. The SMILES string of the molecule is C[C@H]1CCCCN(Cc2cc(C(F)(F)F)c3cn(-c4cccc([C@@H](C5CCC5)C5N[N+]6(CCCCCC6)CN5C)c4)c(=O)n3c2)C1. The fraction of sp³-hybridized carbons (Fsp3) is 0.639. The van der Waals surface area contributed by atoms with Crippen LogP contribution in [0.3, 0.4) is 0 Å². The zero-order valence-corrected chi connectivity index (χ0v) is 27.4. The van der Waals surface area contributed by atoms with Crippen molar-refractivity contribution in [3.63, 3.8) is 0 Å². The summed E-state index contributed by atoms with van der Waals surface area (Å²) in [5.74, 6) is 1.27. The van der Waals surface area contributed by atoms with E-state index in [1.54, 1.807) is 6.20 Å². The normalized spacial score (nSPS) is 25.8. The molecule has 2 aromatic heterocycles. The number of benzene rings is 1. The molecule has 0 amide bonds. The zero-order valence-electron chi connectivity index (χ0n) is 27.4. The summed E-state index contributed by atoms with van der Waals surface area (Å²) in [6.07, 6.45) is 10.6. The Balaban J connectivity index is 1.24. The molecule has 1 saturated carbocycles. The Kier molecular flexibility index (Phi) is 8.84. The Bertz CT molecular complexity index is 1580. The Hall–Kier alpha value is -2.66. The molecule has 7 nitrogen and oxygen atoms in total. The Morgan fingerprint density at radius 3 is 2.48 bits per heavy atom. The third-order valence-electron chi connectivity index (χ3n) is 11.4. The quantitative estimate of drug-likeness (QED) is 0.304. The average Bonchev–Trinajstić information content (AvgIpc) is 3.26. The van der Waals surface area contributed by atoms with E-state index in [2.05, 4.69) is 41.3 Å². The van der Waals surface area contributed by atoms with Gasteiger partial charge >= 0.3 is 11.9 Å².